The summed E-state index contributed by atoms with van der Waals surface area (Å²) in [5.74, 6) is 0.847. The molecule has 0 unspecified atom stereocenters. The fourth-order valence-electron chi connectivity index (χ4n) is 2.10. The van der Waals surface area contributed by atoms with Crippen LogP contribution in [0.25, 0.3) is 0 Å². The second-order valence-corrected chi connectivity index (χ2v) is 5.55. The molecule has 0 aliphatic rings. The van der Waals surface area contributed by atoms with E-state index in [0.29, 0.717) is 24.5 Å². The van der Waals surface area contributed by atoms with Crippen LogP contribution in [0.15, 0.2) is 48.5 Å². The number of amides is 1. The third-order valence-corrected chi connectivity index (χ3v) is 3.82. The number of methoxy groups -OCH3 is 1. The number of rotatable bonds is 8. The van der Waals surface area contributed by atoms with Crippen LogP contribution in [-0.4, -0.2) is 19.6 Å². The van der Waals surface area contributed by atoms with Gasteiger partial charge in [-0.2, -0.15) is 0 Å². The lowest BCUT2D eigenvalue weighted by molar-refractivity contribution is -0.121. The highest BCUT2D eigenvalue weighted by Crippen LogP contribution is 2.14. The van der Waals surface area contributed by atoms with E-state index in [-0.39, 0.29) is 5.91 Å². The Labute approximate surface area is 141 Å². The first-order valence-electron chi connectivity index (χ1n) is 7.53. The van der Waals surface area contributed by atoms with Crippen molar-refractivity contribution in [1.82, 2.24) is 10.6 Å². The van der Waals surface area contributed by atoms with E-state index in [2.05, 4.69) is 10.6 Å². The van der Waals surface area contributed by atoms with Gasteiger partial charge in [0.1, 0.15) is 5.75 Å². The van der Waals surface area contributed by atoms with Crippen LogP contribution < -0.4 is 15.4 Å². The maximum absolute atomic E-state index is 11.8. The Morgan fingerprint density at radius 1 is 1.09 bits per heavy atom. The van der Waals surface area contributed by atoms with E-state index < -0.39 is 0 Å². The summed E-state index contributed by atoms with van der Waals surface area (Å²) in [6.45, 7) is 1.80. The molecule has 0 radical (unpaired) electrons. The zero-order valence-electron chi connectivity index (χ0n) is 13.1. The summed E-state index contributed by atoms with van der Waals surface area (Å²) in [7, 11) is 1.65. The van der Waals surface area contributed by atoms with Crippen molar-refractivity contribution in [2.24, 2.45) is 0 Å². The number of carbonyl (C=O) groups excluding carboxylic acids is 1. The molecule has 0 saturated carbocycles. The Morgan fingerprint density at radius 2 is 1.83 bits per heavy atom. The summed E-state index contributed by atoms with van der Waals surface area (Å²) >= 11 is 6.05. The van der Waals surface area contributed by atoms with Crippen molar-refractivity contribution in [1.29, 1.82) is 0 Å². The van der Waals surface area contributed by atoms with Crippen LogP contribution in [0, 0.1) is 0 Å². The highest BCUT2D eigenvalue weighted by Gasteiger charge is 2.03. The molecule has 2 rings (SSSR count). The first kappa shape index (κ1) is 17.3. The fourth-order valence-corrected chi connectivity index (χ4v) is 2.30. The largest absolute Gasteiger partial charge is 0.497 e. The van der Waals surface area contributed by atoms with E-state index >= 15 is 0 Å². The molecule has 0 atom stereocenters. The van der Waals surface area contributed by atoms with Crippen LogP contribution in [0.4, 0.5) is 0 Å². The third-order valence-electron chi connectivity index (χ3n) is 3.45. The number of hydrogen-bond acceptors (Lipinski definition) is 3. The zero-order chi connectivity index (χ0) is 16.5. The van der Waals surface area contributed by atoms with Gasteiger partial charge in [0.2, 0.25) is 5.91 Å². The highest BCUT2D eigenvalue weighted by atomic mass is 35.5. The van der Waals surface area contributed by atoms with Crippen molar-refractivity contribution in [3.05, 3.63) is 64.7 Å². The summed E-state index contributed by atoms with van der Waals surface area (Å²) in [5, 5.41) is 6.80. The van der Waals surface area contributed by atoms with Crippen LogP contribution in [0.5, 0.6) is 5.75 Å². The molecule has 5 heteroatoms. The van der Waals surface area contributed by atoms with Gasteiger partial charge in [-0.1, -0.05) is 41.9 Å². The molecule has 2 aromatic carbocycles. The quantitative estimate of drug-likeness (QED) is 0.730. The lowest BCUT2D eigenvalue weighted by Crippen LogP contribution is -2.27. The Hall–Kier alpha value is -2.04. The van der Waals surface area contributed by atoms with Crippen LogP contribution >= 0.6 is 11.6 Å². The molecule has 0 saturated heterocycles. The van der Waals surface area contributed by atoms with E-state index in [1.165, 1.54) is 0 Å². The van der Waals surface area contributed by atoms with Crippen molar-refractivity contribution in [3.63, 3.8) is 0 Å². The number of ether oxygens (including phenoxy) is 1. The molecule has 0 fully saturated rings. The maximum Gasteiger partial charge on any atom is 0.221 e. The minimum atomic E-state index is 0.00662. The molecule has 23 heavy (non-hydrogen) atoms. The van der Waals surface area contributed by atoms with Gasteiger partial charge in [-0.15, -0.1) is 0 Å². The maximum atomic E-state index is 11.8. The summed E-state index contributed by atoms with van der Waals surface area (Å²) in [6, 6.07) is 15.4. The normalized spacial score (nSPS) is 10.3. The molecular formula is C18H21ClN2O2. The lowest BCUT2D eigenvalue weighted by Gasteiger charge is -2.08. The number of hydrogen-bond donors (Lipinski definition) is 2. The molecule has 1 amide bonds. The van der Waals surface area contributed by atoms with Gasteiger partial charge in [-0.3, -0.25) is 4.79 Å². The van der Waals surface area contributed by atoms with Crippen LogP contribution in [-0.2, 0) is 17.9 Å². The molecule has 0 aromatic heterocycles. The van der Waals surface area contributed by atoms with Crippen molar-refractivity contribution in [3.8, 4) is 5.75 Å². The second kappa shape index (κ2) is 9.18. The van der Waals surface area contributed by atoms with Crippen molar-refractivity contribution in [2.45, 2.75) is 19.5 Å². The smallest absolute Gasteiger partial charge is 0.221 e. The van der Waals surface area contributed by atoms with Crippen LogP contribution in [0.1, 0.15) is 17.5 Å². The van der Waals surface area contributed by atoms with Gasteiger partial charge >= 0.3 is 0 Å². The number of carbonyl (C=O) groups is 1. The van der Waals surface area contributed by atoms with Crippen LogP contribution in [0.3, 0.4) is 0 Å². The Balaban J connectivity index is 1.63. The lowest BCUT2D eigenvalue weighted by atomic mass is 10.2. The standard InChI is InChI=1S/C18H21ClN2O2/c1-23-16-8-6-14(7-9-16)12-20-11-10-18(22)21-13-15-4-2-3-5-17(15)19/h2-9,20H,10-13H2,1H3,(H,21,22). The van der Waals surface area contributed by atoms with Gasteiger partial charge in [-0.25, -0.2) is 0 Å². The zero-order valence-corrected chi connectivity index (χ0v) is 13.9. The molecule has 0 aliphatic heterocycles. The summed E-state index contributed by atoms with van der Waals surface area (Å²) in [6.07, 6.45) is 0.431. The first-order chi connectivity index (χ1) is 11.2. The average molecular weight is 333 g/mol. The van der Waals surface area contributed by atoms with Gasteiger partial charge in [0.15, 0.2) is 0 Å². The van der Waals surface area contributed by atoms with E-state index in [0.717, 1.165) is 23.4 Å². The Kier molecular flexibility index (Phi) is 6.91. The van der Waals surface area contributed by atoms with Gasteiger partial charge < -0.3 is 15.4 Å². The van der Waals surface area contributed by atoms with Crippen molar-refractivity contribution in [2.75, 3.05) is 13.7 Å². The number of halogens is 1. The average Bonchev–Trinajstić information content (AvgIpc) is 2.58. The third kappa shape index (κ3) is 5.93. The van der Waals surface area contributed by atoms with Gasteiger partial charge in [-0.05, 0) is 29.3 Å². The SMILES string of the molecule is COc1ccc(CNCCC(=O)NCc2ccccc2Cl)cc1. The molecule has 0 bridgehead atoms. The number of benzene rings is 2. The minimum absolute atomic E-state index is 0.00662. The summed E-state index contributed by atoms with van der Waals surface area (Å²) in [4.78, 5) is 11.8. The molecule has 0 heterocycles. The van der Waals surface area contributed by atoms with E-state index in [1.54, 1.807) is 7.11 Å². The first-order valence-corrected chi connectivity index (χ1v) is 7.90. The molecule has 0 aliphatic carbocycles. The molecule has 2 N–H and O–H groups in total. The Bertz CT molecular complexity index is 629. The van der Waals surface area contributed by atoms with Crippen molar-refractivity contribution >= 4 is 17.5 Å². The van der Waals surface area contributed by atoms with Gasteiger partial charge in [0.05, 0.1) is 7.11 Å². The van der Waals surface area contributed by atoms with E-state index in [1.807, 2.05) is 48.5 Å². The molecule has 0 spiro atoms. The van der Waals surface area contributed by atoms with E-state index in [4.69, 9.17) is 16.3 Å². The second-order valence-electron chi connectivity index (χ2n) is 5.14. The Morgan fingerprint density at radius 3 is 2.52 bits per heavy atom. The van der Waals surface area contributed by atoms with E-state index in [9.17, 15) is 4.79 Å². The fraction of sp³-hybridized carbons (Fsp3) is 0.278. The predicted octanol–water partition coefficient (Wildman–Crippen LogP) is 3.14. The van der Waals surface area contributed by atoms with Gasteiger partial charge in [0.25, 0.3) is 0 Å². The molecular weight excluding hydrogens is 312 g/mol. The monoisotopic (exact) mass is 332 g/mol. The minimum Gasteiger partial charge on any atom is -0.497 e. The molecule has 2 aromatic rings. The van der Waals surface area contributed by atoms with Crippen molar-refractivity contribution < 1.29 is 9.53 Å². The highest BCUT2D eigenvalue weighted by molar-refractivity contribution is 6.31. The summed E-state index contributed by atoms with van der Waals surface area (Å²) < 4.78 is 5.12. The van der Waals surface area contributed by atoms with Gasteiger partial charge in [0, 0.05) is 31.1 Å². The summed E-state index contributed by atoms with van der Waals surface area (Å²) in [5.41, 5.74) is 2.08. The molecule has 122 valence electrons. The topological polar surface area (TPSA) is 50.4 Å². The predicted molar refractivity (Wildman–Crippen MR) is 92.6 cm³/mol. The number of nitrogens with one attached hydrogen (secondary N) is 2. The van der Waals surface area contributed by atoms with Crippen LogP contribution in [0.2, 0.25) is 5.02 Å². The molecule has 4 nitrogen and oxygen atoms in total.